The summed E-state index contributed by atoms with van der Waals surface area (Å²) in [4.78, 5) is 17.9. The lowest BCUT2D eigenvalue weighted by atomic mass is 9.70. The van der Waals surface area contributed by atoms with E-state index in [-0.39, 0.29) is 28.5 Å². The van der Waals surface area contributed by atoms with Gasteiger partial charge in [-0.25, -0.2) is 9.37 Å². The highest BCUT2D eigenvalue weighted by atomic mass is 35.5. The number of methoxy groups -OCH3 is 1. The number of fused-ring (bicyclic) bond motifs is 1. The Kier molecular flexibility index (Phi) is 7.19. The number of aromatic nitrogens is 1. The second-order valence-electron chi connectivity index (χ2n) is 7.40. The van der Waals surface area contributed by atoms with Crippen molar-refractivity contribution in [2.45, 2.75) is 25.7 Å². The van der Waals surface area contributed by atoms with Gasteiger partial charge >= 0.3 is 5.97 Å². The van der Waals surface area contributed by atoms with Crippen LogP contribution in [0.4, 0.5) is 4.39 Å². The molecule has 1 heterocycles. The minimum absolute atomic E-state index is 0.0527. The number of pyridine rings is 1. The fourth-order valence-corrected chi connectivity index (χ4v) is 3.79. The summed E-state index contributed by atoms with van der Waals surface area (Å²) in [6, 6.07) is 15.0. The van der Waals surface area contributed by atoms with Crippen LogP contribution >= 0.6 is 23.2 Å². The van der Waals surface area contributed by atoms with Crippen molar-refractivity contribution in [1.82, 2.24) is 4.98 Å². The molecule has 31 heavy (non-hydrogen) atoms. The minimum atomic E-state index is -1.16. The van der Waals surface area contributed by atoms with E-state index in [0.29, 0.717) is 11.4 Å². The van der Waals surface area contributed by atoms with Crippen molar-refractivity contribution in [3.8, 4) is 11.6 Å². The molecule has 162 valence electrons. The predicted octanol–water partition coefficient (Wildman–Crippen LogP) is 6.94. The predicted molar refractivity (Wildman–Crippen MR) is 121 cm³/mol. The maximum atomic E-state index is 13.3. The number of allylic oxidation sites excluding steroid dienone is 1. The average Bonchev–Trinajstić information content (AvgIpc) is 2.75. The van der Waals surface area contributed by atoms with Crippen molar-refractivity contribution in [2.75, 3.05) is 7.11 Å². The number of hydrogen-bond donors (Lipinski definition) is 0. The van der Waals surface area contributed by atoms with Crippen LogP contribution in [-0.2, 0) is 14.9 Å². The SMILES string of the molecule is COC(=O)C(CC=C(Cl)Cl)(c1nc(Oc2ccc(F)cc2)cc2ccccc12)C(C)C. The van der Waals surface area contributed by atoms with Crippen molar-refractivity contribution in [1.29, 1.82) is 0 Å². The summed E-state index contributed by atoms with van der Waals surface area (Å²) < 4.78 is 24.4. The van der Waals surface area contributed by atoms with E-state index in [2.05, 4.69) is 0 Å². The smallest absolute Gasteiger partial charge is 0.318 e. The average molecular weight is 462 g/mol. The molecule has 0 aliphatic rings. The highest BCUT2D eigenvalue weighted by molar-refractivity contribution is 6.55. The van der Waals surface area contributed by atoms with Gasteiger partial charge in [0.2, 0.25) is 5.88 Å². The molecule has 4 nitrogen and oxygen atoms in total. The Morgan fingerprint density at radius 1 is 1.16 bits per heavy atom. The van der Waals surface area contributed by atoms with E-state index in [1.165, 1.54) is 31.4 Å². The molecule has 0 aliphatic heterocycles. The lowest BCUT2D eigenvalue weighted by molar-refractivity contribution is -0.149. The lowest BCUT2D eigenvalue weighted by Crippen LogP contribution is -2.42. The van der Waals surface area contributed by atoms with Gasteiger partial charge in [0.1, 0.15) is 21.5 Å². The zero-order valence-corrected chi connectivity index (χ0v) is 18.9. The van der Waals surface area contributed by atoms with Crippen LogP contribution in [0.5, 0.6) is 11.6 Å². The van der Waals surface area contributed by atoms with Crippen molar-refractivity contribution in [2.24, 2.45) is 5.92 Å². The third-order valence-corrected chi connectivity index (χ3v) is 5.60. The molecule has 7 heteroatoms. The molecule has 1 aromatic heterocycles. The summed E-state index contributed by atoms with van der Waals surface area (Å²) in [5.41, 5.74) is -0.665. The first-order valence-corrected chi connectivity index (χ1v) is 10.5. The van der Waals surface area contributed by atoms with Crippen LogP contribution in [0.3, 0.4) is 0 Å². The molecule has 2 aromatic carbocycles. The Morgan fingerprint density at radius 2 is 1.84 bits per heavy atom. The molecule has 0 fully saturated rings. The van der Waals surface area contributed by atoms with E-state index >= 15 is 0 Å². The standard InChI is InChI=1S/C24H22Cl2FNO3/c1-15(2)24(23(29)30-3,13-12-20(25)26)22-19-7-5-4-6-16(19)14-21(28-22)31-18-10-8-17(27)9-11-18/h4-12,14-15H,13H2,1-3H3. The van der Waals surface area contributed by atoms with Crippen LogP contribution in [0.1, 0.15) is 26.0 Å². The molecule has 3 aromatic rings. The Bertz CT molecular complexity index is 1110. The molecule has 0 N–H and O–H groups in total. The first-order valence-electron chi connectivity index (χ1n) is 9.71. The highest BCUT2D eigenvalue weighted by Gasteiger charge is 2.46. The third kappa shape index (κ3) is 4.83. The lowest BCUT2D eigenvalue weighted by Gasteiger charge is -2.34. The zero-order valence-electron chi connectivity index (χ0n) is 17.4. The maximum absolute atomic E-state index is 13.3. The Balaban J connectivity index is 2.26. The largest absolute Gasteiger partial charge is 0.468 e. The molecule has 0 saturated carbocycles. The van der Waals surface area contributed by atoms with E-state index in [4.69, 9.17) is 37.7 Å². The molecule has 0 aliphatic carbocycles. The number of rotatable bonds is 7. The van der Waals surface area contributed by atoms with Crippen LogP contribution < -0.4 is 4.74 Å². The number of hydrogen-bond acceptors (Lipinski definition) is 4. The number of carbonyl (C=O) groups excluding carboxylic acids is 1. The van der Waals surface area contributed by atoms with Gasteiger partial charge in [-0.15, -0.1) is 0 Å². The zero-order chi connectivity index (χ0) is 22.6. The first kappa shape index (κ1) is 23.0. The van der Waals surface area contributed by atoms with Gasteiger partial charge in [-0.05, 0) is 42.0 Å². The summed E-state index contributed by atoms with van der Waals surface area (Å²) in [5.74, 6) is -0.332. The van der Waals surface area contributed by atoms with Crippen molar-refractivity contribution in [3.63, 3.8) is 0 Å². The highest BCUT2D eigenvalue weighted by Crippen LogP contribution is 2.42. The van der Waals surface area contributed by atoms with E-state index in [1.54, 1.807) is 12.1 Å². The molecule has 0 amide bonds. The van der Waals surface area contributed by atoms with Gasteiger partial charge in [-0.2, -0.15) is 0 Å². The van der Waals surface area contributed by atoms with E-state index < -0.39 is 11.4 Å². The van der Waals surface area contributed by atoms with Gasteiger partial charge in [0.15, 0.2) is 0 Å². The van der Waals surface area contributed by atoms with Crippen LogP contribution in [0.15, 0.2) is 65.2 Å². The maximum Gasteiger partial charge on any atom is 0.318 e. The second kappa shape index (κ2) is 9.67. The normalized spacial score (nSPS) is 13.0. The van der Waals surface area contributed by atoms with Gasteiger partial charge in [-0.3, -0.25) is 4.79 Å². The molecule has 0 saturated heterocycles. The molecule has 0 radical (unpaired) electrons. The van der Waals surface area contributed by atoms with Gasteiger partial charge in [0, 0.05) is 11.5 Å². The molecular formula is C24H22Cl2FNO3. The number of ether oxygens (including phenoxy) is 2. The van der Waals surface area contributed by atoms with Crippen LogP contribution in [0.25, 0.3) is 10.8 Å². The number of benzene rings is 2. The van der Waals surface area contributed by atoms with E-state index in [0.717, 1.165) is 10.8 Å². The number of nitrogens with zero attached hydrogens (tertiary/aromatic N) is 1. The Labute approximate surface area is 190 Å². The van der Waals surface area contributed by atoms with Crippen molar-refractivity contribution >= 4 is 39.9 Å². The molecule has 1 unspecified atom stereocenters. The first-order chi connectivity index (χ1) is 14.8. The fraction of sp³-hybridized carbons (Fsp3) is 0.250. The molecule has 3 rings (SSSR count). The summed E-state index contributed by atoms with van der Waals surface area (Å²) in [6.07, 6.45) is 1.76. The Hall–Kier alpha value is -2.63. The van der Waals surface area contributed by atoms with Gasteiger partial charge < -0.3 is 9.47 Å². The quantitative estimate of drug-likeness (QED) is 0.357. The van der Waals surface area contributed by atoms with Crippen molar-refractivity contribution < 1.29 is 18.7 Å². The summed E-state index contributed by atoms with van der Waals surface area (Å²) >= 11 is 11.8. The number of halogens is 3. The van der Waals surface area contributed by atoms with Crippen LogP contribution in [-0.4, -0.2) is 18.1 Å². The minimum Gasteiger partial charge on any atom is -0.468 e. The molecule has 0 spiro atoms. The topological polar surface area (TPSA) is 48.4 Å². The summed E-state index contributed by atoms with van der Waals surface area (Å²) in [6.45, 7) is 3.83. The molecule has 0 bridgehead atoms. The summed E-state index contributed by atoms with van der Waals surface area (Å²) in [5, 5.41) is 1.62. The second-order valence-corrected chi connectivity index (χ2v) is 8.41. The number of esters is 1. The van der Waals surface area contributed by atoms with Gasteiger partial charge in [0.25, 0.3) is 0 Å². The third-order valence-electron chi connectivity index (χ3n) is 5.29. The van der Waals surface area contributed by atoms with Crippen LogP contribution in [0, 0.1) is 11.7 Å². The number of carbonyl (C=O) groups is 1. The van der Waals surface area contributed by atoms with Crippen molar-refractivity contribution in [3.05, 3.63) is 76.7 Å². The monoisotopic (exact) mass is 461 g/mol. The Morgan fingerprint density at radius 3 is 2.45 bits per heavy atom. The molecule has 1 atom stereocenters. The summed E-state index contributed by atoms with van der Waals surface area (Å²) in [7, 11) is 1.34. The van der Waals surface area contributed by atoms with E-state index in [9.17, 15) is 9.18 Å². The van der Waals surface area contributed by atoms with Crippen LogP contribution in [0.2, 0.25) is 0 Å². The van der Waals surface area contributed by atoms with Gasteiger partial charge in [-0.1, -0.05) is 67.4 Å². The molecular weight excluding hydrogens is 440 g/mol. The van der Waals surface area contributed by atoms with Gasteiger partial charge in [0.05, 0.1) is 12.8 Å². The van der Waals surface area contributed by atoms with E-state index in [1.807, 2.05) is 38.1 Å². The fourth-order valence-electron chi connectivity index (χ4n) is 3.63.